The van der Waals surface area contributed by atoms with E-state index in [2.05, 4.69) is 6.58 Å². The first-order valence-corrected chi connectivity index (χ1v) is 2.63. The smallest absolute Gasteiger partial charge is 0.120 e. The van der Waals surface area contributed by atoms with E-state index in [9.17, 15) is 0 Å². The Balaban J connectivity index is 3.30. The lowest BCUT2D eigenvalue weighted by molar-refractivity contribution is 0.0322. The van der Waals surface area contributed by atoms with Crippen molar-refractivity contribution in [1.82, 2.24) is 0 Å². The van der Waals surface area contributed by atoms with Crippen molar-refractivity contribution < 1.29 is 9.84 Å². The van der Waals surface area contributed by atoms with E-state index in [-0.39, 0.29) is 6.10 Å². The van der Waals surface area contributed by atoms with Gasteiger partial charge in [0.2, 0.25) is 0 Å². The second-order valence-corrected chi connectivity index (χ2v) is 1.75. The molecular formula is C6H12O2. The van der Waals surface area contributed by atoms with Crippen LogP contribution in [0.25, 0.3) is 0 Å². The molecule has 0 amide bonds. The van der Waals surface area contributed by atoms with Gasteiger partial charge >= 0.3 is 0 Å². The fourth-order valence-electron chi connectivity index (χ4n) is 0.265. The third-order valence-electron chi connectivity index (χ3n) is 0.990. The molecule has 0 spiro atoms. The van der Waals surface area contributed by atoms with Gasteiger partial charge in [-0.2, -0.15) is 0 Å². The Hall–Kier alpha value is -0.500. The number of aliphatic hydroxyl groups is 1. The molecule has 0 rings (SSSR count). The molecule has 2 atom stereocenters. The van der Waals surface area contributed by atoms with Gasteiger partial charge in [0.25, 0.3) is 0 Å². The standard InChI is InChI=1S/C6H12O2/c1-4-8-6(3)5(2)7/h4-7H,1H2,2-3H3. The maximum absolute atomic E-state index is 8.78. The van der Waals surface area contributed by atoms with Gasteiger partial charge in [-0.3, -0.25) is 0 Å². The quantitative estimate of drug-likeness (QED) is 0.555. The van der Waals surface area contributed by atoms with E-state index in [1.807, 2.05) is 0 Å². The average Bonchev–Trinajstić information content (AvgIpc) is 1.67. The predicted octanol–water partition coefficient (Wildman–Crippen LogP) is 0.916. The molecule has 48 valence electrons. The summed E-state index contributed by atoms with van der Waals surface area (Å²) in [6.45, 7) is 6.81. The van der Waals surface area contributed by atoms with Gasteiger partial charge in [-0.25, -0.2) is 0 Å². The Labute approximate surface area is 49.8 Å². The molecule has 1 N–H and O–H groups in total. The molecule has 0 aliphatic carbocycles. The molecule has 0 fully saturated rings. The maximum Gasteiger partial charge on any atom is 0.120 e. The highest BCUT2D eigenvalue weighted by molar-refractivity contribution is 4.61. The van der Waals surface area contributed by atoms with Crippen molar-refractivity contribution in [2.75, 3.05) is 0 Å². The van der Waals surface area contributed by atoms with Crippen LogP contribution >= 0.6 is 0 Å². The monoisotopic (exact) mass is 116 g/mol. The topological polar surface area (TPSA) is 29.5 Å². The number of hydrogen-bond acceptors (Lipinski definition) is 2. The Bertz CT molecular complexity index is 68.9. The van der Waals surface area contributed by atoms with Gasteiger partial charge in [0, 0.05) is 0 Å². The minimum Gasteiger partial charge on any atom is -0.496 e. The summed E-state index contributed by atoms with van der Waals surface area (Å²) in [5.74, 6) is 0. The van der Waals surface area contributed by atoms with Crippen LogP contribution in [0.2, 0.25) is 0 Å². The van der Waals surface area contributed by atoms with E-state index >= 15 is 0 Å². The molecule has 0 bridgehead atoms. The molecule has 2 unspecified atom stereocenters. The van der Waals surface area contributed by atoms with Gasteiger partial charge < -0.3 is 9.84 Å². The van der Waals surface area contributed by atoms with Crippen molar-refractivity contribution in [2.24, 2.45) is 0 Å². The first-order valence-electron chi connectivity index (χ1n) is 2.63. The van der Waals surface area contributed by atoms with Gasteiger partial charge in [-0.1, -0.05) is 6.58 Å². The lowest BCUT2D eigenvalue weighted by Crippen LogP contribution is -2.20. The third kappa shape index (κ3) is 2.64. The summed E-state index contributed by atoms with van der Waals surface area (Å²) in [5.41, 5.74) is 0. The van der Waals surface area contributed by atoms with Crippen molar-refractivity contribution in [1.29, 1.82) is 0 Å². The fraction of sp³-hybridized carbons (Fsp3) is 0.667. The van der Waals surface area contributed by atoms with Crippen LogP contribution < -0.4 is 0 Å². The molecular weight excluding hydrogens is 104 g/mol. The zero-order chi connectivity index (χ0) is 6.57. The summed E-state index contributed by atoms with van der Waals surface area (Å²) in [5, 5.41) is 8.78. The Morgan fingerprint density at radius 3 is 2.25 bits per heavy atom. The molecule has 0 saturated heterocycles. The second-order valence-electron chi connectivity index (χ2n) is 1.75. The summed E-state index contributed by atoms with van der Waals surface area (Å²) in [6, 6.07) is 0. The van der Waals surface area contributed by atoms with E-state index in [4.69, 9.17) is 9.84 Å². The SMILES string of the molecule is C=COC(C)C(C)O. The molecule has 0 saturated carbocycles. The van der Waals surface area contributed by atoms with Crippen LogP contribution in [0.4, 0.5) is 0 Å². The van der Waals surface area contributed by atoms with E-state index in [0.29, 0.717) is 0 Å². The van der Waals surface area contributed by atoms with Crippen molar-refractivity contribution >= 4 is 0 Å². The van der Waals surface area contributed by atoms with Gasteiger partial charge in [0.1, 0.15) is 6.10 Å². The van der Waals surface area contributed by atoms with Crippen LogP contribution in [0.1, 0.15) is 13.8 Å². The summed E-state index contributed by atoms with van der Waals surface area (Å²) in [6.07, 6.45) is 0.762. The van der Waals surface area contributed by atoms with Gasteiger partial charge in [0.05, 0.1) is 12.4 Å². The van der Waals surface area contributed by atoms with Gasteiger partial charge in [-0.05, 0) is 13.8 Å². The van der Waals surface area contributed by atoms with Crippen molar-refractivity contribution in [3.63, 3.8) is 0 Å². The Morgan fingerprint density at radius 2 is 2.12 bits per heavy atom. The maximum atomic E-state index is 8.78. The molecule has 0 radical (unpaired) electrons. The highest BCUT2D eigenvalue weighted by Gasteiger charge is 2.05. The van der Waals surface area contributed by atoms with Crippen LogP contribution in [0.15, 0.2) is 12.8 Å². The van der Waals surface area contributed by atoms with Crippen LogP contribution in [0, 0.1) is 0 Å². The van der Waals surface area contributed by atoms with Crippen molar-refractivity contribution in [3.8, 4) is 0 Å². The lowest BCUT2D eigenvalue weighted by atomic mass is 10.3. The van der Waals surface area contributed by atoms with E-state index in [1.54, 1.807) is 13.8 Å². The second kappa shape index (κ2) is 3.50. The minimum absolute atomic E-state index is 0.146. The molecule has 0 aromatic rings. The van der Waals surface area contributed by atoms with E-state index in [0.717, 1.165) is 0 Å². The number of ether oxygens (including phenoxy) is 1. The van der Waals surface area contributed by atoms with Crippen LogP contribution in [0.5, 0.6) is 0 Å². The normalized spacial score (nSPS) is 16.9. The Morgan fingerprint density at radius 1 is 1.62 bits per heavy atom. The highest BCUT2D eigenvalue weighted by Crippen LogP contribution is 1.95. The first kappa shape index (κ1) is 7.50. The molecule has 0 aromatic carbocycles. The fourth-order valence-corrected chi connectivity index (χ4v) is 0.265. The van der Waals surface area contributed by atoms with Crippen molar-refractivity contribution in [3.05, 3.63) is 12.8 Å². The number of rotatable bonds is 3. The predicted molar refractivity (Wildman–Crippen MR) is 32.4 cm³/mol. The molecule has 0 heterocycles. The number of hydrogen-bond donors (Lipinski definition) is 1. The summed E-state index contributed by atoms with van der Waals surface area (Å²) < 4.78 is 4.82. The van der Waals surface area contributed by atoms with Crippen LogP contribution in [-0.4, -0.2) is 17.3 Å². The van der Waals surface area contributed by atoms with E-state index in [1.165, 1.54) is 6.26 Å². The molecule has 0 aliphatic heterocycles. The third-order valence-corrected chi connectivity index (χ3v) is 0.990. The van der Waals surface area contributed by atoms with Crippen LogP contribution in [-0.2, 0) is 4.74 Å². The van der Waals surface area contributed by atoms with Gasteiger partial charge in [-0.15, -0.1) is 0 Å². The zero-order valence-corrected chi connectivity index (χ0v) is 5.29. The molecule has 2 nitrogen and oxygen atoms in total. The van der Waals surface area contributed by atoms with E-state index < -0.39 is 6.10 Å². The average molecular weight is 116 g/mol. The largest absolute Gasteiger partial charge is 0.496 e. The summed E-state index contributed by atoms with van der Waals surface area (Å²) in [7, 11) is 0. The Kier molecular flexibility index (Phi) is 3.28. The van der Waals surface area contributed by atoms with Gasteiger partial charge in [0.15, 0.2) is 0 Å². The molecule has 8 heavy (non-hydrogen) atoms. The summed E-state index contributed by atoms with van der Waals surface area (Å²) in [4.78, 5) is 0. The lowest BCUT2D eigenvalue weighted by Gasteiger charge is -2.12. The number of aliphatic hydroxyl groups excluding tert-OH is 1. The molecule has 0 aliphatic rings. The minimum atomic E-state index is -0.423. The zero-order valence-electron chi connectivity index (χ0n) is 5.29. The first-order chi connectivity index (χ1) is 3.68. The van der Waals surface area contributed by atoms with Crippen LogP contribution in [0.3, 0.4) is 0 Å². The molecule has 0 aromatic heterocycles. The van der Waals surface area contributed by atoms with Crippen molar-refractivity contribution in [2.45, 2.75) is 26.1 Å². The summed E-state index contributed by atoms with van der Waals surface area (Å²) >= 11 is 0. The molecule has 2 heteroatoms. The highest BCUT2D eigenvalue weighted by atomic mass is 16.5.